The average molecular weight is 251 g/mol. The molecule has 2 N–H and O–H groups in total. The maximum atomic E-state index is 10.9. The van der Waals surface area contributed by atoms with Gasteiger partial charge in [-0.05, 0) is 26.3 Å². The molecule has 0 aliphatic rings. The average Bonchev–Trinajstić information content (AvgIpc) is 2.30. The summed E-state index contributed by atoms with van der Waals surface area (Å²) in [5.41, 5.74) is 0.787. The number of phenolic OH excluding ortho intramolecular Hbond substituents is 1. The lowest BCUT2D eigenvalue weighted by molar-refractivity contribution is -0.139. The summed E-state index contributed by atoms with van der Waals surface area (Å²) < 4.78 is 0. The Bertz CT molecular complexity index is 404. The van der Waals surface area contributed by atoms with Crippen molar-refractivity contribution in [1.29, 1.82) is 0 Å². The molecule has 4 heteroatoms. The van der Waals surface area contributed by atoms with Gasteiger partial charge in [0.05, 0.1) is 6.54 Å². The molecular weight excluding hydrogens is 230 g/mol. The number of phenols is 1. The predicted octanol–water partition coefficient (Wildman–Crippen LogP) is 2.64. The summed E-state index contributed by atoms with van der Waals surface area (Å²) in [6, 6.07) is 7.13. The van der Waals surface area contributed by atoms with E-state index < -0.39 is 5.97 Å². The minimum atomic E-state index is -0.849. The van der Waals surface area contributed by atoms with Gasteiger partial charge < -0.3 is 10.2 Å². The monoisotopic (exact) mass is 251 g/mol. The number of carboxylic acid groups (broad SMARTS) is 1. The summed E-state index contributed by atoms with van der Waals surface area (Å²) >= 11 is 0. The van der Waals surface area contributed by atoms with Gasteiger partial charge in [0, 0.05) is 17.6 Å². The van der Waals surface area contributed by atoms with Crippen LogP contribution >= 0.6 is 0 Å². The van der Waals surface area contributed by atoms with Gasteiger partial charge in [-0.15, -0.1) is 0 Å². The molecule has 0 amide bonds. The molecule has 0 saturated heterocycles. The highest BCUT2D eigenvalue weighted by atomic mass is 16.4. The molecule has 18 heavy (non-hydrogen) atoms. The van der Waals surface area contributed by atoms with Gasteiger partial charge in [-0.25, -0.2) is 0 Å². The second kappa shape index (κ2) is 6.40. The molecule has 0 aliphatic heterocycles. The van der Waals surface area contributed by atoms with E-state index in [4.69, 9.17) is 5.11 Å². The molecule has 0 saturated carbocycles. The molecular formula is C14H21NO3. The number of benzene rings is 1. The maximum Gasteiger partial charge on any atom is 0.317 e. The maximum absolute atomic E-state index is 10.9. The Balaban J connectivity index is 3.06. The van der Waals surface area contributed by atoms with Crippen molar-refractivity contribution in [3.63, 3.8) is 0 Å². The SMILES string of the molecule is CCC(c1ccccc1O)N(CC(=O)O)C(C)C. The van der Waals surface area contributed by atoms with E-state index in [1.807, 2.05) is 37.8 Å². The van der Waals surface area contributed by atoms with Crippen molar-refractivity contribution in [3.8, 4) is 5.75 Å². The molecule has 0 aromatic heterocycles. The first-order valence-corrected chi connectivity index (χ1v) is 6.22. The van der Waals surface area contributed by atoms with E-state index in [0.29, 0.717) is 0 Å². The highest BCUT2D eigenvalue weighted by Gasteiger charge is 2.25. The number of rotatable bonds is 6. The third-order valence-electron chi connectivity index (χ3n) is 3.06. The summed E-state index contributed by atoms with van der Waals surface area (Å²) in [5, 5.41) is 18.9. The summed E-state index contributed by atoms with van der Waals surface area (Å²) in [5.74, 6) is -0.627. The van der Waals surface area contributed by atoms with Crippen LogP contribution in [0.1, 0.15) is 38.8 Å². The lowest BCUT2D eigenvalue weighted by Gasteiger charge is -2.33. The van der Waals surface area contributed by atoms with Gasteiger partial charge in [0.1, 0.15) is 5.75 Å². The first-order valence-electron chi connectivity index (χ1n) is 6.22. The van der Waals surface area contributed by atoms with Crippen LogP contribution in [-0.2, 0) is 4.79 Å². The summed E-state index contributed by atoms with van der Waals surface area (Å²) in [7, 11) is 0. The van der Waals surface area contributed by atoms with Crippen molar-refractivity contribution in [3.05, 3.63) is 29.8 Å². The zero-order chi connectivity index (χ0) is 13.7. The first-order chi connectivity index (χ1) is 8.47. The van der Waals surface area contributed by atoms with Gasteiger partial charge in [-0.3, -0.25) is 9.69 Å². The molecule has 0 spiro atoms. The largest absolute Gasteiger partial charge is 0.508 e. The number of hydrogen-bond donors (Lipinski definition) is 2. The minimum absolute atomic E-state index is 0.0233. The fourth-order valence-electron chi connectivity index (χ4n) is 2.21. The molecule has 1 aromatic carbocycles. The Kier molecular flexibility index (Phi) is 5.16. The van der Waals surface area contributed by atoms with Gasteiger partial charge in [0.15, 0.2) is 0 Å². The molecule has 0 radical (unpaired) electrons. The van der Waals surface area contributed by atoms with Crippen molar-refractivity contribution in [1.82, 2.24) is 4.90 Å². The Labute approximate surface area is 108 Å². The van der Waals surface area contributed by atoms with E-state index in [1.54, 1.807) is 12.1 Å². The van der Waals surface area contributed by atoms with Crippen LogP contribution in [0, 0.1) is 0 Å². The van der Waals surface area contributed by atoms with E-state index in [1.165, 1.54) is 0 Å². The fourth-order valence-corrected chi connectivity index (χ4v) is 2.21. The molecule has 1 unspecified atom stereocenters. The number of nitrogens with zero attached hydrogens (tertiary/aromatic N) is 1. The van der Waals surface area contributed by atoms with Crippen LogP contribution in [0.3, 0.4) is 0 Å². The fraction of sp³-hybridized carbons (Fsp3) is 0.500. The highest BCUT2D eigenvalue weighted by molar-refractivity contribution is 5.69. The molecule has 1 atom stereocenters. The quantitative estimate of drug-likeness (QED) is 0.816. The molecule has 0 fully saturated rings. The van der Waals surface area contributed by atoms with Crippen LogP contribution in [0.2, 0.25) is 0 Å². The van der Waals surface area contributed by atoms with Crippen LogP contribution in [0.15, 0.2) is 24.3 Å². The van der Waals surface area contributed by atoms with Gasteiger partial charge >= 0.3 is 5.97 Å². The van der Waals surface area contributed by atoms with Crippen LogP contribution < -0.4 is 0 Å². The first kappa shape index (κ1) is 14.5. The van der Waals surface area contributed by atoms with Crippen LogP contribution in [0.4, 0.5) is 0 Å². The molecule has 0 heterocycles. The highest BCUT2D eigenvalue weighted by Crippen LogP contribution is 2.31. The zero-order valence-electron chi connectivity index (χ0n) is 11.1. The number of hydrogen-bond acceptors (Lipinski definition) is 3. The van der Waals surface area contributed by atoms with Crippen molar-refractivity contribution in [2.24, 2.45) is 0 Å². The Morgan fingerprint density at radius 3 is 2.39 bits per heavy atom. The van der Waals surface area contributed by atoms with Crippen molar-refractivity contribution < 1.29 is 15.0 Å². The van der Waals surface area contributed by atoms with Crippen molar-refractivity contribution in [2.75, 3.05) is 6.54 Å². The summed E-state index contributed by atoms with van der Waals surface area (Å²) in [6.07, 6.45) is 0.753. The zero-order valence-corrected chi connectivity index (χ0v) is 11.1. The van der Waals surface area contributed by atoms with E-state index >= 15 is 0 Å². The minimum Gasteiger partial charge on any atom is -0.508 e. The third-order valence-corrected chi connectivity index (χ3v) is 3.06. The topological polar surface area (TPSA) is 60.8 Å². The van der Waals surface area contributed by atoms with Crippen molar-refractivity contribution >= 4 is 5.97 Å². The van der Waals surface area contributed by atoms with Gasteiger partial charge in [-0.2, -0.15) is 0 Å². The van der Waals surface area contributed by atoms with Crippen molar-refractivity contribution in [2.45, 2.75) is 39.3 Å². The Hall–Kier alpha value is -1.55. The number of aromatic hydroxyl groups is 1. The summed E-state index contributed by atoms with van der Waals surface area (Å²) in [4.78, 5) is 12.8. The smallest absolute Gasteiger partial charge is 0.317 e. The van der Waals surface area contributed by atoms with E-state index in [0.717, 1.165) is 12.0 Å². The van der Waals surface area contributed by atoms with Crippen LogP contribution in [-0.4, -0.2) is 33.7 Å². The van der Waals surface area contributed by atoms with Crippen LogP contribution in [0.25, 0.3) is 0 Å². The van der Waals surface area contributed by atoms with Gasteiger partial charge in [0.25, 0.3) is 0 Å². The molecule has 0 aliphatic carbocycles. The molecule has 0 bridgehead atoms. The van der Waals surface area contributed by atoms with E-state index in [2.05, 4.69) is 0 Å². The molecule has 100 valence electrons. The standard InChI is InChI=1S/C14H21NO3/c1-4-12(11-7-5-6-8-13(11)16)15(10(2)3)9-14(17)18/h5-8,10,12,16H,4,9H2,1-3H3,(H,17,18). The lowest BCUT2D eigenvalue weighted by atomic mass is 10.00. The number of aliphatic carboxylic acids is 1. The Morgan fingerprint density at radius 2 is 1.94 bits per heavy atom. The lowest BCUT2D eigenvalue weighted by Crippen LogP contribution is -2.38. The predicted molar refractivity (Wildman–Crippen MR) is 70.6 cm³/mol. The van der Waals surface area contributed by atoms with E-state index in [-0.39, 0.29) is 24.4 Å². The molecule has 1 aromatic rings. The van der Waals surface area contributed by atoms with Crippen LogP contribution in [0.5, 0.6) is 5.75 Å². The number of carboxylic acids is 1. The van der Waals surface area contributed by atoms with E-state index in [9.17, 15) is 9.90 Å². The second-order valence-electron chi connectivity index (χ2n) is 4.64. The molecule has 4 nitrogen and oxygen atoms in total. The Morgan fingerprint density at radius 1 is 1.33 bits per heavy atom. The van der Waals surface area contributed by atoms with Gasteiger partial charge in [-0.1, -0.05) is 25.1 Å². The third kappa shape index (κ3) is 3.47. The second-order valence-corrected chi connectivity index (χ2v) is 4.64. The number of para-hydroxylation sites is 1. The summed E-state index contributed by atoms with van der Waals surface area (Å²) in [6.45, 7) is 5.90. The van der Waals surface area contributed by atoms with Gasteiger partial charge in [0.2, 0.25) is 0 Å². The molecule has 1 rings (SSSR count). The normalized spacial score (nSPS) is 12.9. The number of carbonyl (C=O) groups is 1.